The summed E-state index contributed by atoms with van der Waals surface area (Å²) in [6.45, 7) is 7.62. The van der Waals surface area contributed by atoms with Crippen molar-refractivity contribution in [2.24, 2.45) is 0 Å². The molecule has 1 aromatic rings. The predicted octanol–water partition coefficient (Wildman–Crippen LogP) is 3.53. The van der Waals surface area contributed by atoms with Crippen LogP contribution in [0, 0.1) is 15.9 Å². The van der Waals surface area contributed by atoms with E-state index in [0.29, 0.717) is 6.42 Å². The van der Waals surface area contributed by atoms with Crippen molar-refractivity contribution in [1.29, 1.82) is 0 Å². The van der Waals surface area contributed by atoms with Crippen molar-refractivity contribution in [2.45, 2.75) is 51.9 Å². The first kappa shape index (κ1) is 20.9. The molecule has 1 aliphatic heterocycles. The molecule has 1 saturated heterocycles. The summed E-state index contributed by atoms with van der Waals surface area (Å²) in [5, 5.41) is 11.0. The minimum atomic E-state index is -0.824. The van der Waals surface area contributed by atoms with Crippen LogP contribution in [0.15, 0.2) is 18.2 Å². The van der Waals surface area contributed by atoms with Crippen LogP contribution in [0.1, 0.15) is 34.1 Å². The molecule has 1 aliphatic rings. The van der Waals surface area contributed by atoms with Gasteiger partial charge in [0.25, 0.3) is 0 Å². The molecule has 0 aromatic heterocycles. The van der Waals surface area contributed by atoms with Gasteiger partial charge < -0.3 is 19.1 Å². The second-order valence-electron chi connectivity index (χ2n) is 7.31. The van der Waals surface area contributed by atoms with E-state index in [9.17, 15) is 19.3 Å². The van der Waals surface area contributed by atoms with Crippen LogP contribution >= 0.6 is 0 Å². The van der Waals surface area contributed by atoms with Crippen LogP contribution in [0.5, 0.6) is 5.75 Å². The Hall–Kier alpha value is -2.42. The summed E-state index contributed by atoms with van der Waals surface area (Å²) in [6.07, 6.45) is -0.329. The topological polar surface area (TPSA) is 91.1 Å². The van der Waals surface area contributed by atoms with Crippen LogP contribution in [0.25, 0.3) is 0 Å². The number of rotatable bonds is 5. The maximum absolute atomic E-state index is 13.9. The van der Waals surface area contributed by atoms with Gasteiger partial charge in [-0.15, -0.1) is 0 Å². The summed E-state index contributed by atoms with van der Waals surface area (Å²) in [7, 11) is 0. The quantitative estimate of drug-likeness (QED) is 0.570. The first-order chi connectivity index (χ1) is 12.6. The molecule has 1 aromatic carbocycles. The summed E-state index contributed by atoms with van der Waals surface area (Å²) < 4.78 is 30.4. The molecule has 2 rings (SSSR count). The van der Waals surface area contributed by atoms with Crippen molar-refractivity contribution in [3.05, 3.63) is 34.1 Å². The molecule has 0 bridgehead atoms. The Morgan fingerprint density at radius 3 is 2.74 bits per heavy atom. The number of carbonyl (C=O) groups is 1. The Bertz CT molecular complexity index is 691. The molecular weight excluding hydrogens is 359 g/mol. The highest BCUT2D eigenvalue weighted by atomic mass is 19.1. The highest BCUT2D eigenvalue weighted by Crippen LogP contribution is 2.30. The van der Waals surface area contributed by atoms with E-state index in [-0.39, 0.29) is 25.8 Å². The number of ether oxygens (including phenoxy) is 3. The van der Waals surface area contributed by atoms with E-state index in [1.165, 1.54) is 12.1 Å². The number of nitrogens with zero attached hydrogens (tertiary/aromatic N) is 2. The van der Waals surface area contributed by atoms with Crippen LogP contribution < -0.4 is 4.74 Å². The van der Waals surface area contributed by atoms with Crippen LogP contribution in [0.3, 0.4) is 0 Å². The molecule has 0 aliphatic carbocycles. The van der Waals surface area contributed by atoms with Crippen molar-refractivity contribution in [3.8, 4) is 5.75 Å². The number of carbonyl (C=O) groups excluding carboxylic acids is 1. The smallest absolute Gasteiger partial charge is 0.410 e. The van der Waals surface area contributed by atoms with Gasteiger partial charge in [0.15, 0.2) is 5.82 Å². The van der Waals surface area contributed by atoms with Gasteiger partial charge in [0.1, 0.15) is 18.3 Å². The molecule has 1 amide bonds. The summed E-state index contributed by atoms with van der Waals surface area (Å²) in [4.78, 5) is 24.4. The number of morpholine rings is 1. The third kappa shape index (κ3) is 5.53. The summed E-state index contributed by atoms with van der Waals surface area (Å²) in [6, 6.07) is 3.36. The monoisotopic (exact) mass is 384 g/mol. The van der Waals surface area contributed by atoms with Crippen molar-refractivity contribution in [2.75, 3.05) is 19.8 Å². The number of benzene rings is 1. The molecular formula is C18H25FN2O6. The van der Waals surface area contributed by atoms with Gasteiger partial charge >= 0.3 is 11.8 Å². The Morgan fingerprint density at radius 1 is 1.44 bits per heavy atom. The molecule has 150 valence electrons. The Labute approximate surface area is 157 Å². The Morgan fingerprint density at radius 2 is 2.15 bits per heavy atom. The van der Waals surface area contributed by atoms with Gasteiger partial charge in [-0.2, -0.15) is 0 Å². The predicted molar refractivity (Wildman–Crippen MR) is 95.3 cm³/mol. The SMILES string of the molecule is CC[C@@H]1CO[C@H](COc2c(F)cccc2[N+](=O)[O-])CN1C(=O)OC(C)(C)C. The Balaban J connectivity index is 2.06. The molecule has 9 heteroatoms. The van der Waals surface area contributed by atoms with Crippen molar-refractivity contribution >= 4 is 11.8 Å². The van der Waals surface area contributed by atoms with E-state index in [2.05, 4.69) is 0 Å². The average molecular weight is 384 g/mol. The lowest BCUT2D eigenvalue weighted by Crippen LogP contribution is -2.54. The van der Waals surface area contributed by atoms with Crippen LogP contribution in [0.4, 0.5) is 14.9 Å². The van der Waals surface area contributed by atoms with E-state index in [0.717, 1.165) is 6.07 Å². The van der Waals surface area contributed by atoms with E-state index in [1.807, 2.05) is 6.92 Å². The lowest BCUT2D eigenvalue weighted by atomic mass is 10.1. The Kier molecular flexibility index (Phi) is 6.59. The number of hydrogen-bond acceptors (Lipinski definition) is 6. The number of nitro benzene ring substituents is 1. The van der Waals surface area contributed by atoms with Gasteiger partial charge in [-0.05, 0) is 33.3 Å². The molecule has 0 spiro atoms. The zero-order valence-corrected chi connectivity index (χ0v) is 15.9. The summed E-state index contributed by atoms with van der Waals surface area (Å²) in [5.41, 5.74) is -1.09. The molecule has 2 atom stereocenters. The fourth-order valence-corrected chi connectivity index (χ4v) is 2.70. The maximum atomic E-state index is 13.9. The third-order valence-corrected chi connectivity index (χ3v) is 4.02. The van der Waals surface area contributed by atoms with Gasteiger partial charge in [-0.3, -0.25) is 10.1 Å². The zero-order valence-electron chi connectivity index (χ0n) is 15.9. The summed E-state index contributed by atoms with van der Waals surface area (Å²) >= 11 is 0. The van der Waals surface area contributed by atoms with Gasteiger partial charge in [-0.1, -0.05) is 13.0 Å². The number of amides is 1. The molecule has 0 radical (unpaired) electrons. The number of hydrogen-bond donors (Lipinski definition) is 0. The van der Waals surface area contributed by atoms with Gasteiger partial charge in [0.2, 0.25) is 5.75 Å². The van der Waals surface area contributed by atoms with E-state index < -0.39 is 40.0 Å². The van der Waals surface area contributed by atoms with Crippen LogP contribution in [-0.2, 0) is 9.47 Å². The van der Waals surface area contributed by atoms with Crippen molar-refractivity contribution in [1.82, 2.24) is 4.90 Å². The van der Waals surface area contributed by atoms with E-state index in [4.69, 9.17) is 14.2 Å². The molecule has 1 heterocycles. The van der Waals surface area contributed by atoms with Crippen molar-refractivity contribution in [3.63, 3.8) is 0 Å². The fraction of sp³-hybridized carbons (Fsp3) is 0.611. The lowest BCUT2D eigenvalue weighted by Gasteiger charge is -2.39. The minimum Gasteiger partial charge on any atom is -0.482 e. The highest BCUT2D eigenvalue weighted by Gasteiger charge is 2.35. The first-order valence-corrected chi connectivity index (χ1v) is 8.79. The minimum absolute atomic E-state index is 0.127. The molecule has 0 unspecified atom stereocenters. The lowest BCUT2D eigenvalue weighted by molar-refractivity contribution is -0.386. The number of nitro groups is 1. The summed E-state index contributed by atoms with van der Waals surface area (Å²) in [5.74, 6) is -1.26. The molecule has 8 nitrogen and oxygen atoms in total. The number of para-hydroxylation sites is 1. The first-order valence-electron chi connectivity index (χ1n) is 8.79. The standard InChI is InChI=1S/C18H25FN2O6/c1-5-12-10-25-13(9-20(12)17(22)27-18(2,3)4)11-26-16-14(19)7-6-8-15(16)21(23)24/h6-8,12-13H,5,9-11H2,1-4H3/t12-,13+/m1/s1. The second kappa shape index (κ2) is 8.51. The third-order valence-electron chi connectivity index (χ3n) is 4.02. The molecule has 1 fully saturated rings. The normalized spacial score (nSPS) is 20.3. The maximum Gasteiger partial charge on any atom is 0.410 e. The van der Waals surface area contributed by atoms with E-state index >= 15 is 0 Å². The second-order valence-corrected chi connectivity index (χ2v) is 7.31. The fourth-order valence-electron chi connectivity index (χ4n) is 2.70. The zero-order chi connectivity index (χ0) is 20.2. The van der Waals surface area contributed by atoms with Gasteiger partial charge in [0, 0.05) is 6.07 Å². The van der Waals surface area contributed by atoms with E-state index in [1.54, 1.807) is 25.7 Å². The van der Waals surface area contributed by atoms with Gasteiger partial charge in [0.05, 0.1) is 24.1 Å². The molecule has 0 saturated carbocycles. The van der Waals surface area contributed by atoms with Crippen LogP contribution in [-0.4, -0.2) is 53.4 Å². The van der Waals surface area contributed by atoms with Crippen molar-refractivity contribution < 1.29 is 28.3 Å². The molecule has 27 heavy (non-hydrogen) atoms. The van der Waals surface area contributed by atoms with Gasteiger partial charge in [-0.25, -0.2) is 9.18 Å². The molecule has 0 N–H and O–H groups in total. The highest BCUT2D eigenvalue weighted by molar-refractivity contribution is 5.68. The largest absolute Gasteiger partial charge is 0.482 e. The number of halogens is 1. The average Bonchev–Trinajstić information content (AvgIpc) is 2.58. The van der Waals surface area contributed by atoms with Crippen LogP contribution in [0.2, 0.25) is 0 Å².